The van der Waals surface area contributed by atoms with Crippen molar-refractivity contribution in [1.29, 1.82) is 0 Å². The number of oxime groups is 1. The molecule has 2 aromatic rings. The Labute approximate surface area is 173 Å². The Morgan fingerprint density at radius 3 is 2.72 bits per heavy atom. The third-order valence-corrected chi connectivity index (χ3v) is 5.46. The number of aromatic nitrogens is 2. The molecule has 0 saturated carbocycles. The summed E-state index contributed by atoms with van der Waals surface area (Å²) in [6, 6.07) is 10.4. The third kappa shape index (κ3) is 5.31. The molecule has 5 nitrogen and oxygen atoms in total. The second kappa shape index (κ2) is 10.0. The molecule has 1 unspecified atom stereocenters. The summed E-state index contributed by atoms with van der Waals surface area (Å²) in [7, 11) is 0. The van der Waals surface area contributed by atoms with Gasteiger partial charge in [0.15, 0.2) is 0 Å². The summed E-state index contributed by atoms with van der Waals surface area (Å²) in [4.78, 5) is 8.99. The zero-order chi connectivity index (χ0) is 20.6. The lowest BCUT2D eigenvalue weighted by Crippen LogP contribution is -2.26. The molecule has 0 fully saturated rings. The molecule has 1 aliphatic rings. The molecule has 1 aromatic carbocycles. The molecule has 0 saturated heterocycles. The smallest absolute Gasteiger partial charge is 0.220 e. The maximum absolute atomic E-state index is 9.72. The average molecular weight is 391 g/mol. The van der Waals surface area contributed by atoms with Crippen LogP contribution in [0.5, 0.6) is 0 Å². The summed E-state index contributed by atoms with van der Waals surface area (Å²) < 4.78 is 0. The van der Waals surface area contributed by atoms with Crippen molar-refractivity contribution in [3.05, 3.63) is 76.6 Å². The van der Waals surface area contributed by atoms with E-state index >= 15 is 0 Å². The summed E-state index contributed by atoms with van der Waals surface area (Å²) in [6.07, 6.45) is 11.5. The van der Waals surface area contributed by atoms with Gasteiger partial charge in [-0.2, -0.15) is 0 Å². The van der Waals surface area contributed by atoms with E-state index in [1.165, 1.54) is 11.1 Å². The molecule has 0 aliphatic heterocycles. The fraction of sp³-hybridized carbons (Fsp3) is 0.375. The lowest BCUT2D eigenvalue weighted by molar-refractivity contribution is 0.316. The predicted octanol–water partition coefficient (Wildman–Crippen LogP) is 4.89. The standard InChI is InChI=1S/C24H30N4O/c1-3-4-6-10-17(2)19-15-21-23(22(16-19)28-29)20(26-24(25)27-21)14-9-13-18-11-7-5-8-12-18/h4-8,10-12,19,29H,3,9,13-16H2,1-2H3,(H2,25,26,27)/b6-4-,17-10+,28-22+. The molecular formula is C24H30N4O. The average Bonchev–Trinajstić information content (AvgIpc) is 2.73. The molecule has 0 spiro atoms. The fourth-order valence-corrected chi connectivity index (χ4v) is 3.89. The van der Waals surface area contributed by atoms with Crippen molar-refractivity contribution in [2.75, 3.05) is 5.73 Å². The predicted molar refractivity (Wildman–Crippen MR) is 118 cm³/mol. The van der Waals surface area contributed by atoms with Gasteiger partial charge in [0.1, 0.15) is 0 Å². The van der Waals surface area contributed by atoms with E-state index in [-0.39, 0.29) is 5.92 Å². The minimum absolute atomic E-state index is 0.251. The molecule has 3 N–H and O–H groups in total. The molecule has 3 rings (SSSR count). The normalized spacial score (nSPS) is 18.3. The Morgan fingerprint density at radius 1 is 1.21 bits per heavy atom. The number of benzene rings is 1. The van der Waals surface area contributed by atoms with Crippen molar-refractivity contribution in [1.82, 2.24) is 9.97 Å². The number of anilines is 1. The Kier molecular flexibility index (Phi) is 7.17. The Hall–Kier alpha value is -2.95. The first-order valence-electron chi connectivity index (χ1n) is 10.4. The van der Waals surface area contributed by atoms with E-state index in [0.29, 0.717) is 18.1 Å². The molecule has 1 heterocycles. The molecule has 1 atom stereocenters. The van der Waals surface area contributed by atoms with Gasteiger partial charge in [0.25, 0.3) is 0 Å². The quantitative estimate of drug-likeness (QED) is 0.400. The van der Waals surface area contributed by atoms with Crippen LogP contribution < -0.4 is 5.73 Å². The summed E-state index contributed by atoms with van der Waals surface area (Å²) >= 11 is 0. The Balaban J connectivity index is 1.82. The van der Waals surface area contributed by atoms with Crippen LogP contribution in [0.3, 0.4) is 0 Å². The monoisotopic (exact) mass is 390 g/mol. The van der Waals surface area contributed by atoms with Crippen molar-refractivity contribution >= 4 is 11.7 Å². The van der Waals surface area contributed by atoms with E-state index in [2.05, 4.69) is 71.5 Å². The SMILES string of the molecule is CC/C=C\C=C(/C)C1C/C(=N\O)c2c(CCCc3ccccc3)nc(N)nc2C1. The first kappa shape index (κ1) is 20.8. The highest BCUT2D eigenvalue weighted by molar-refractivity contribution is 6.03. The zero-order valence-corrected chi connectivity index (χ0v) is 17.3. The minimum atomic E-state index is 0.251. The van der Waals surface area contributed by atoms with E-state index in [4.69, 9.17) is 5.73 Å². The number of nitrogens with zero attached hydrogens (tertiary/aromatic N) is 3. The number of aryl methyl sites for hydroxylation is 2. The van der Waals surface area contributed by atoms with Crippen LogP contribution >= 0.6 is 0 Å². The Morgan fingerprint density at radius 2 is 2.00 bits per heavy atom. The van der Waals surface area contributed by atoms with Gasteiger partial charge < -0.3 is 10.9 Å². The van der Waals surface area contributed by atoms with Crippen LogP contribution in [-0.2, 0) is 19.3 Å². The lowest BCUT2D eigenvalue weighted by atomic mass is 9.80. The van der Waals surface area contributed by atoms with E-state index < -0.39 is 0 Å². The third-order valence-electron chi connectivity index (χ3n) is 5.46. The van der Waals surface area contributed by atoms with E-state index in [1.54, 1.807) is 0 Å². The van der Waals surface area contributed by atoms with Gasteiger partial charge in [0.2, 0.25) is 5.95 Å². The largest absolute Gasteiger partial charge is 0.411 e. The first-order valence-corrected chi connectivity index (χ1v) is 10.4. The second-order valence-electron chi connectivity index (χ2n) is 7.59. The number of rotatable bonds is 7. The maximum atomic E-state index is 9.72. The molecule has 0 bridgehead atoms. The van der Waals surface area contributed by atoms with E-state index in [1.807, 2.05) is 6.07 Å². The molecular weight excluding hydrogens is 360 g/mol. The number of nitrogen functional groups attached to an aromatic ring is 1. The van der Waals surface area contributed by atoms with Crippen LogP contribution in [0, 0.1) is 5.92 Å². The van der Waals surface area contributed by atoms with Gasteiger partial charge in [-0.05, 0) is 50.5 Å². The number of nitrogens with two attached hydrogens (primary N) is 1. The summed E-state index contributed by atoms with van der Waals surface area (Å²) in [5, 5.41) is 13.3. The number of hydrogen-bond donors (Lipinski definition) is 2. The highest BCUT2D eigenvalue weighted by Gasteiger charge is 2.29. The van der Waals surface area contributed by atoms with Crippen molar-refractivity contribution < 1.29 is 5.21 Å². The van der Waals surface area contributed by atoms with Crippen molar-refractivity contribution in [2.45, 2.75) is 52.4 Å². The molecule has 29 heavy (non-hydrogen) atoms. The topological polar surface area (TPSA) is 84.4 Å². The van der Waals surface area contributed by atoms with Gasteiger partial charge in [-0.3, -0.25) is 0 Å². The van der Waals surface area contributed by atoms with Gasteiger partial charge in [-0.15, -0.1) is 0 Å². The second-order valence-corrected chi connectivity index (χ2v) is 7.59. The molecule has 1 aliphatic carbocycles. The van der Waals surface area contributed by atoms with Crippen molar-refractivity contribution in [3.63, 3.8) is 0 Å². The highest BCUT2D eigenvalue weighted by atomic mass is 16.4. The fourth-order valence-electron chi connectivity index (χ4n) is 3.89. The lowest BCUT2D eigenvalue weighted by Gasteiger charge is -2.26. The van der Waals surface area contributed by atoms with Gasteiger partial charge in [-0.25, -0.2) is 9.97 Å². The van der Waals surface area contributed by atoms with Crippen LogP contribution in [0.2, 0.25) is 0 Å². The summed E-state index contributed by atoms with van der Waals surface area (Å²) in [5.41, 5.74) is 11.9. The molecule has 5 heteroatoms. The van der Waals surface area contributed by atoms with Crippen LogP contribution in [0.25, 0.3) is 0 Å². The van der Waals surface area contributed by atoms with Crippen LogP contribution in [0.4, 0.5) is 5.95 Å². The van der Waals surface area contributed by atoms with Gasteiger partial charge in [-0.1, -0.05) is 66.2 Å². The first-order chi connectivity index (χ1) is 14.1. The number of allylic oxidation sites excluding steroid dienone is 4. The van der Waals surface area contributed by atoms with Crippen LogP contribution in [0.1, 0.15) is 55.6 Å². The van der Waals surface area contributed by atoms with Crippen LogP contribution in [-0.4, -0.2) is 20.9 Å². The minimum Gasteiger partial charge on any atom is -0.411 e. The summed E-state index contributed by atoms with van der Waals surface area (Å²) in [6.45, 7) is 4.24. The van der Waals surface area contributed by atoms with Crippen molar-refractivity contribution in [3.8, 4) is 0 Å². The number of fused-ring (bicyclic) bond motifs is 1. The molecule has 1 aromatic heterocycles. The van der Waals surface area contributed by atoms with E-state index in [9.17, 15) is 5.21 Å². The van der Waals surface area contributed by atoms with Gasteiger partial charge in [0.05, 0.1) is 17.1 Å². The Bertz CT molecular complexity index is 916. The van der Waals surface area contributed by atoms with E-state index in [0.717, 1.165) is 49.1 Å². The maximum Gasteiger partial charge on any atom is 0.220 e. The highest BCUT2D eigenvalue weighted by Crippen LogP contribution is 2.32. The summed E-state index contributed by atoms with van der Waals surface area (Å²) in [5.74, 6) is 0.547. The molecule has 0 radical (unpaired) electrons. The van der Waals surface area contributed by atoms with Gasteiger partial charge in [0, 0.05) is 12.0 Å². The molecule has 0 amide bonds. The van der Waals surface area contributed by atoms with Crippen molar-refractivity contribution in [2.24, 2.45) is 11.1 Å². The number of hydrogen-bond acceptors (Lipinski definition) is 5. The van der Waals surface area contributed by atoms with Gasteiger partial charge >= 0.3 is 0 Å². The molecule has 152 valence electrons. The zero-order valence-electron chi connectivity index (χ0n) is 17.3. The van der Waals surface area contributed by atoms with Crippen LogP contribution in [0.15, 0.2) is 59.3 Å².